The maximum absolute atomic E-state index is 2.37. The molecular formula is C28H23NZr. The zero-order valence-electron chi connectivity index (χ0n) is 17.3. The van der Waals surface area contributed by atoms with Crippen molar-refractivity contribution in [2.75, 3.05) is 0 Å². The van der Waals surface area contributed by atoms with Crippen molar-refractivity contribution in [1.29, 1.82) is 0 Å². The molecule has 0 aliphatic carbocycles. The molecule has 1 aromatic heterocycles. The van der Waals surface area contributed by atoms with Crippen molar-refractivity contribution in [2.24, 2.45) is 0 Å². The van der Waals surface area contributed by atoms with Crippen LogP contribution in [0.2, 0.25) is 0 Å². The first-order chi connectivity index (χ1) is 14.2. The van der Waals surface area contributed by atoms with Crippen molar-refractivity contribution in [1.82, 2.24) is 4.57 Å². The molecule has 6 rings (SSSR count). The number of aromatic nitrogens is 1. The van der Waals surface area contributed by atoms with Gasteiger partial charge in [0.05, 0.1) is 5.52 Å². The second-order valence-electron chi connectivity index (χ2n) is 7.56. The molecule has 0 radical (unpaired) electrons. The number of hydrogen-bond acceptors (Lipinski definition) is 0. The van der Waals surface area contributed by atoms with Crippen LogP contribution in [0.4, 0.5) is 0 Å². The van der Waals surface area contributed by atoms with Gasteiger partial charge in [-0.1, -0.05) is 30.3 Å². The topological polar surface area (TPSA) is 4.93 Å². The fourth-order valence-electron chi connectivity index (χ4n) is 4.19. The van der Waals surface area contributed by atoms with Gasteiger partial charge in [0.25, 0.3) is 0 Å². The molecule has 0 aliphatic heterocycles. The zero-order chi connectivity index (χ0) is 19.8. The molecule has 0 amide bonds. The number of rotatable bonds is 1. The van der Waals surface area contributed by atoms with Crippen LogP contribution < -0.4 is 0 Å². The van der Waals surface area contributed by atoms with Crippen molar-refractivity contribution >= 4 is 32.4 Å². The van der Waals surface area contributed by atoms with Gasteiger partial charge in [-0.3, -0.25) is 0 Å². The van der Waals surface area contributed by atoms with E-state index >= 15 is 0 Å². The van der Waals surface area contributed by atoms with Crippen LogP contribution in [-0.4, -0.2) is 4.57 Å². The Morgan fingerprint density at radius 3 is 2.13 bits per heavy atom. The predicted octanol–water partition coefficient (Wildman–Crippen LogP) is 7.68. The summed E-state index contributed by atoms with van der Waals surface area (Å²) >= 11 is 0. The van der Waals surface area contributed by atoms with Crippen molar-refractivity contribution in [3.05, 3.63) is 114 Å². The first-order valence-corrected chi connectivity index (χ1v) is 10.1. The van der Waals surface area contributed by atoms with Gasteiger partial charge in [0.15, 0.2) is 0 Å². The molecule has 0 saturated carbocycles. The van der Waals surface area contributed by atoms with E-state index in [1.807, 2.05) is 0 Å². The maximum atomic E-state index is 2.37. The molecule has 5 aromatic carbocycles. The van der Waals surface area contributed by atoms with Crippen LogP contribution in [0.25, 0.3) is 38.1 Å². The smallest absolute Gasteiger partial charge is 0.332 e. The van der Waals surface area contributed by atoms with Crippen LogP contribution in [0.15, 0.2) is 103 Å². The third kappa shape index (κ3) is 3.61. The van der Waals surface area contributed by atoms with Crippen molar-refractivity contribution < 1.29 is 26.2 Å². The number of para-hydroxylation sites is 1. The molecule has 144 valence electrons. The molecular weight excluding hydrogens is 442 g/mol. The molecule has 0 aliphatic rings. The van der Waals surface area contributed by atoms with Crippen molar-refractivity contribution in [2.45, 2.75) is 13.8 Å². The molecule has 2 heteroatoms. The minimum Gasteiger partial charge on any atom is -0.332 e. The molecule has 0 atom stereocenters. The molecule has 0 unspecified atom stereocenters. The summed E-state index contributed by atoms with van der Waals surface area (Å²) in [6.07, 6.45) is 0. The summed E-state index contributed by atoms with van der Waals surface area (Å²) in [6, 6.07) is 36.4. The molecule has 30 heavy (non-hydrogen) atoms. The number of nitrogens with zero attached hydrogens (tertiary/aromatic N) is 1. The molecule has 1 nitrogen and oxygen atoms in total. The van der Waals surface area contributed by atoms with E-state index < -0.39 is 0 Å². The Morgan fingerprint density at radius 2 is 1.37 bits per heavy atom. The van der Waals surface area contributed by atoms with Crippen LogP contribution in [0.3, 0.4) is 0 Å². The van der Waals surface area contributed by atoms with E-state index in [4.69, 9.17) is 0 Å². The van der Waals surface area contributed by atoms with Crippen molar-refractivity contribution in [3.8, 4) is 5.69 Å². The van der Waals surface area contributed by atoms with Crippen LogP contribution >= 0.6 is 0 Å². The van der Waals surface area contributed by atoms with Crippen LogP contribution in [0, 0.1) is 13.8 Å². The Morgan fingerprint density at radius 1 is 0.700 bits per heavy atom. The Kier molecular flexibility index (Phi) is 5.88. The van der Waals surface area contributed by atoms with E-state index in [9.17, 15) is 0 Å². The summed E-state index contributed by atoms with van der Waals surface area (Å²) in [5.41, 5.74) is 5.23. The number of hydrogen-bond donors (Lipinski definition) is 0. The average Bonchev–Trinajstić information content (AvgIpc) is 3.45. The molecule has 1 heterocycles. The second-order valence-corrected chi connectivity index (χ2v) is 7.56. The number of aryl methyl sites for hydroxylation is 1. The van der Waals surface area contributed by atoms with E-state index in [0.717, 1.165) is 0 Å². The summed E-state index contributed by atoms with van der Waals surface area (Å²) in [5, 5.41) is 6.61. The van der Waals surface area contributed by atoms with Crippen LogP contribution in [-0.2, 0) is 26.2 Å². The Balaban J connectivity index is 0.000000183. The van der Waals surface area contributed by atoms with E-state index in [-0.39, 0.29) is 26.2 Å². The van der Waals surface area contributed by atoms with E-state index in [2.05, 4.69) is 122 Å². The minimum absolute atomic E-state index is 0. The maximum Gasteiger partial charge on any atom is 2.00 e. The van der Waals surface area contributed by atoms with Gasteiger partial charge in [-0.15, -0.1) is 70.8 Å². The molecule has 0 saturated heterocycles. The van der Waals surface area contributed by atoms with E-state index in [1.165, 1.54) is 49.4 Å². The van der Waals surface area contributed by atoms with Gasteiger partial charge >= 0.3 is 26.2 Å². The quantitative estimate of drug-likeness (QED) is 0.220. The van der Waals surface area contributed by atoms with E-state index in [1.54, 1.807) is 0 Å². The molecule has 0 fully saturated rings. The Labute approximate surface area is 196 Å². The first kappa shape index (κ1) is 20.6. The van der Waals surface area contributed by atoms with Gasteiger partial charge < -0.3 is 4.57 Å². The summed E-state index contributed by atoms with van der Waals surface area (Å²) in [7, 11) is 0. The zero-order valence-corrected chi connectivity index (χ0v) is 19.7. The minimum atomic E-state index is 0. The van der Waals surface area contributed by atoms with Gasteiger partial charge in [0.2, 0.25) is 0 Å². The third-order valence-corrected chi connectivity index (χ3v) is 5.84. The van der Waals surface area contributed by atoms with Crippen molar-refractivity contribution in [3.63, 3.8) is 0 Å². The molecule has 0 N–H and O–H groups in total. The van der Waals surface area contributed by atoms with Gasteiger partial charge in [0.1, 0.15) is 0 Å². The average molecular weight is 465 g/mol. The first-order valence-electron chi connectivity index (χ1n) is 10.1. The second kappa shape index (κ2) is 8.58. The third-order valence-electron chi connectivity index (χ3n) is 5.84. The molecule has 6 aromatic rings. The summed E-state index contributed by atoms with van der Waals surface area (Å²) in [4.78, 5) is 0. The predicted molar refractivity (Wildman–Crippen MR) is 125 cm³/mol. The largest absolute Gasteiger partial charge is 2.00 e. The fraction of sp³-hybridized carbons (Fsp3) is 0.0714. The monoisotopic (exact) mass is 463 g/mol. The van der Waals surface area contributed by atoms with Gasteiger partial charge in [-0.05, 0) is 31.2 Å². The van der Waals surface area contributed by atoms with Crippen LogP contribution in [0.5, 0.6) is 0 Å². The van der Waals surface area contributed by atoms with E-state index in [0.29, 0.717) is 0 Å². The Hall–Kier alpha value is -2.70. The Bertz CT molecular complexity index is 1360. The standard InChI is InChI=1S/C19H16N.C9H7.Zr/c1-13-14(2)20(19-10-6-5-9-18(13)19)17-11-15-7-3-4-8-16(15)12-17;1-2-5-9-7-3-6-8(9)4-1;/h3-12H,1-2H3;1-7H;/q2*-1;+2. The molecule has 0 bridgehead atoms. The number of fused-ring (bicyclic) bond motifs is 3. The van der Waals surface area contributed by atoms with Crippen LogP contribution in [0.1, 0.15) is 11.3 Å². The fourth-order valence-corrected chi connectivity index (χ4v) is 4.19. The van der Waals surface area contributed by atoms with Gasteiger partial charge in [-0.25, -0.2) is 0 Å². The summed E-state index contributed by atoms with van der Waals surface area (Å²) in [5.74, 6) is 0. The summed E-state index contributed by atoms with van der Waals surface area (Å²) < 4.78 is 2.37. The normalized spacial score (nSPS) is 10.7. The molecule has 0 spiro atoms. The number of benzene rings is 3. The summed E-state index contributed by atoms with van der Waals surface area (Å²) in [6.45, 7) is 4.41. The van der Waals surface area contributed by atoms with Gasteiger partial charge in [-0.2, -0.15) is 17.5 Å². The SMILES string of the molecule is Cc1c(C)n(-c2cc3ccccc3[cH-]2)c2ccccc12.[Zr+2].c1ccc2[cH-]ccc2c1. The van der Waals surface area contributed by atoms with Gasteiger partial charge in [0, 0.05) is 11.1 Å².